The molecule has 1 saturated heterocycles. The molecule has 12 nitrogen and oxygen atoms in total. The van der Waals surface area contributed by atoms with Crippen LogP contribution in [0.1, 0.15) is 108 Å². The molecule has 13 heteroatoms. The molecular weight excluding hydrogens is 622 g/mol. The third-order valence-corrected chi connectivity index (χ3v) is 13.4. The fourth-order valence-corrected chi connectivity index (χ4v) is 8.94. The zero-order chi connectivity index (χ0) is 36.1. The lowest BCUT2D eigenvalue weighted by Crippen LogP contribution is -2.63. The summed E-state index contributed by atoms with van der Waals surface area (Å²) in [6.07, 6.45) is 3.55. The maximum Gasteiger partial charge on any atom is 0.315 e. The van der Waals surface area contributed by atoms with E-state index in [4.69, 9.17) is 5.73 Å². The van der Waals surface area contributed by atoms with Crippen LogP contribution in [0.15, 0.2) is 0 Å². The molecule has 4 unspecified atom stereocenters. The van der Waals surface area contributed by atoms with Gasteiger partial charge in [0.25, 0.3) is 5.91 Å². The molecule has 0 aromatic carbocycles. The SMILES string of the molecule is CC(C)CC(C)(CS(=O)(=O)C(C)(C)C)NC(=O)N[C@H](C(=O)N1CC2C([C@H]1C(=O)NC(CC1CCC1)C(=O)C(N)=O)C2(C)C)C(C)(C)C. The molecule has 0 aromatic heterocycles. The minimum Gasteiger partial charge on any atom is -0.363 e. The first-order valence-electron chi connectivity index (χ1n) is 17.0. The molecule has 5 N–H and O–H groups in total. The van der Waals surface area contributed by atoms with E-state index in [0.29, 0.717) is 19.4 Å². The summed E-state index contributed by atoms with van der Waals surface area (Å²) in [5, 5.41) is 8.49. The quantitative estimate of drug-likeness (QED) is 0.215. The van der Waals surface area contributed by atoms with E-state index in [0.717, 1.165) is 19.3 Å². The van der Waals surface area contributed by atoms with Crippen LogP contribution in [0.3, 0.4) is 0 Å². The van der Waals surface area contributed by atoms with E-state index < -0.39 is 73.2 Å². The fraction of sp³-hybridized carbons (Fsp3) is 0.853. The second-order valence-electron chi connectivity index (χ2n) is 17.6. The molecule has 2 saturated carbocycles. The number of urea groups is 1. The van der Waals surface area contributed by atoms with Crippen molar-refractivity contribution in [3.8, 4) is 0 Å². The third kappa shape index (κ3) is 8.67. The minimum absolute atomic E-state index is 0.0468. The highest BCUT2D eigenvalue weighted by Crippen LogP contribution is 2.65. The number of nitrogens with zero attached hydrogens (tertiary/aromatic N) is 1. The summed E-state index contributed by atoms with van der Waals surface area (Å²) in [5.74, 6) is -3.02. The normalized spacial score (nSPS) is 25.1. The van der Waals surface area contributed by atoms with Gasteiger partial charge in [0, 0.05) is 6.54 Å². The van der Waals surface area contributed by atoms with E-state index in [9.17, 15) is 32.4 Å². The lowest BCUT2D eigenvalue weighted by molar-refractivity contribution is -0.145. The first-order chi connectivity index (χ1) is 21.2. The van der Waals surface area contributed by atoms with Crippen molar-refractivity contribution >= 4 is 39.4 Å². The van der Waals surface area contributed by atoms with E-state index >= 15 is 0 Å². The maximum absolute atomic E-state index is 14.4. The molecule has 268 valence electrons. The summed E-state index contributed by atoms with van der Waals surface area (Å²) >= 11 is 0. The highest BCUT2D eigenvalue weighted by atomic mass is 32.2. The molecule has 1 aliphatic heterocycles. The molecule has 3 fully saturated rings. The number of fused-ring (bicyclic) bond motifs is 1. The Morgan fingerprint density at radius 3 is 1.98 bits per heavy atom. The Hall–Kier alpha value is -2.70. The first-order valence-corrected chi connectivity index (χ1v) is 18.6. The number of nitrogens with two attached hydrogens (primary N) is 1. The van der Waals surface area contributed by atoms with Gasteiger partial charge in [-0.1, -0.05) is 67.7 Å². The Bertz CT molecular complexity index is 1360. The van der Waals surface area contributed by atoms with Gasteiger partial charge in [0.1, 0.15) is 12.1 Å². The Labute approximate surface area is 281 Å². The number of carbonyl (C=O) groups is 5. The van der Waals surface area contributed by atoms with Crippen molar-refractivity contribution in [1.29, 1.82) is 0 Å². The van der Waals surface area contributed by atoms with Crippen LogP contribution >= 0.6 is 0 Å². The van der Waals surface area contributed by atoms with Crippen LogP contribution in [-0.2, 0) is 29.0 Å². The Morgan fingerprint density at radius 2 is 1.53 bits per heavy atom. The van der Waals surface area contributed by atoms with Crippen LogP contribution in [-0.4, -0.2) is 83.6 Å². The zero-order valence-electron chi connectivity index (χ0n) is 30.3. The number of hydrogen-bond donors (Lipinski definition) is 4. The number of sulfone groups is 1. The summed E-state index contributed by atoms with van der Waals surface area (Å²) in [7, 11) is -3.60. The number of likely N-dealkylation sites (tertiary alicyclic amines) is 1. The van der Waals surface area contributed by atoms with Crippen molar-refractivity contribution in [1.82, 2.24) is 20.9 Å². The topological polar surface area (TPSA) is 185 Å². The second-order valence-corrected chi connectivity index (χ2v) is 20.4. The number of nitrogens with one attached hydrogen (secondary N) is 3. The van der Waals surface area contributed by atoms with Crippen LogP contribution in [0.4, 0.5) is 4.79 Å². The average Bonchev–Trinajstić information content (AvgIpc) is 3.17. The molecule has 0 aromatic rings. The number of rotatable bonds is 13. The zero-order valence-corrected chi connectivity index (χ0v) is 31.1. The molecule has 3 rings (SSSR count). The van der Waals surface area contributed by atoms with Gasteiger partial charge in [0.2, 0.25) is 17.6 Å². The van der Waals surface area contributed by atoms with Crippen molar-refractivity contribution in [3.05, 3.63) is 0 Å². The van der Waals surface area contributed by atoms with E-state index in [2.05, 4.69) is 16.0 Å². The van der Waals surface area contributed by atoms with E-state index in [1.165, 1.54) is 4.90 Å². The highest BCUT2D eigenvalue weighted by Gasteiger charge is 2.70. The Kier molecular flexibility index (Phi) is 11.0. The van der Waals surface area contributed by atoms with Gasteiger partial charge in [-0.3, -0.25) is 19.2 Å². The van der Waals surface area contributed by atoms with Gasteiger partial charge in [-0.15, -0.1) is 0 Å². The number of piperidine rings is 1. The predicted octanol–water partition coefficient (Wildman–Crippen LogP) is 2.93. The van der Waals surface area contributed by atoms with Gasteiger partial charge in [-0.25, -0.2) is 13.2 Å². The number of ketones is 1. The summed E-state index contributed by atoms with van der Waals surface area (Å²) in [4.78, 5) is 68.0. The van der Waals surface area contributed by atoms with E-state index in [1.54, 1.807) is 27.7 Å². The molecular formula is C34H59N5O7S. The number of carbonyl (C=O) groups excluding carboxylic acids is 5. The van der Waals surface area contributed by atoms with Gasteiger partial charge >= 0.3 is 6.03 Å². The van der Waals surface area contributed by atoms with Crippen molar-refractivity contribution in [2.75, 3.05) is 12.3 Å². The van der Waals surface area contributed by atoms with Crippen molar-refractivity contribution < 1.29 is 32.4 Å². The minimum atomic E-state index is -3.60. The number of amides is 5. The van der Waals surface area contributed by atoms with Crippen molar-refractivity contribution in [2.45, 2.75) is 137 Å². The third-order valence-electron chi connectivity index (χ3n) is 10.5. The standard InChI is InChI=1S/C34H59N5O7S/c1-19(2)16-34(11,18-47(45,46)32(6,7)8)38-30(44)37-26(31(3,4)5)29(43)39-17-21-23(33(21,9)10)24(39)28(42)36-22(25(40)27(35)41)15-20-13-12-14-20/h19-24,26H,12-18H2,1-11H3,(H2,35,41)(H,36,42)(H2,37,38,44)/t21?,22?,23?,24-,26+,34?/m0/s1. The number of hydrogen-bond acceptors (Lipinski definition) is 7. The van der Waals surface area contributed by atoms with Crippen LogP contribution in [0.25, 0.3) is 0 Å². The van der Waals surface area contributed by atoms with Gasteiger partial charge < -0.3 is 26.6 Å². The summed E-state index contributed by atoms with van der Waals surface area (Å²) in [6, 6.07) is -3.69. The van der Waals surface area contributed by atoms with Crippen LogP contribution in [0, 0.1) is 34.5 Å². The Balaban J connectivity index is 1.86. The second kappa shape index (κ2) is 13.3. The molecule has 3 aliphatic rings. The first kappa shape index (κ1) is 38.7. The molecule has 1 heterocycles. The smallest absolute Gasteiger partial charge is 0.315 e. The van der Waals surface area contributed by atoms with Gasteiger partial charge in [-0.05, 0) is 75.0 Å². The Morgan fingerprint density at radius 1 is 0.957 bits per heavy atom. The van der Waals surface area contributed by atoms with Crippen LogP contribution < -0.4 is 21.7 Å². The van der Waals surface area contributed by atoms with Crippen LogP contribution in [0.2, 0.25) is 0 Å². The van der Waals surface area contributed by atoms with Gasteiger partial charge in [-0.2, -0.15) is 0 Å². The fourth-order valence-electron chi connectivity index (χ4n) is 7.47. The van der Waals surface area contributed by atoms with Crippen molar-refractivity contribution in [3.63, 3.8) is 0 Å². The molecule has 2 aliphatic carbocycles. The van der Waals surface area contributed by atoms with Gasteiger partial charge in [0.05, 0.1) is 22.1 Å². The largest absolute Gasteiger partial charge is 0.363 e. The molecule has 6 atom stereocenters. The summed E-state index contributed by atoms with van der Waals surface area (Å²) in [5.41, 5.74) is 3.23. The lowest BCUT2D eigenvalue weighted by Gasteiger charge is -2.39. The number of primary amides is 1. The highest BCUT2D eigenvalue weighted by molar-refractivity contribution is 7.92. The maximum atomic E-state index is 14.4. The number of Topliss-reactive ketones (excluding diaryl/α,β-unsaturated/α-hetero) is 1. The average molecular weight is 682 g/mol. The predicted molar refractivity (Wildman–Crippen MR) is 181 cm³/mol. The summed E-state index contributed by atoms with van der Waals surface area (Å²) in [6.45, 7) is 20.3. The summed E-state index contributed by atoms with van der Waals surface area (Å²) < 4.78 is 25.4. The molecule has 0 spiro atoms. The lowest BCUT2D eigenvalue weighted by atomic mass is 9.80. The van der Waals surface area contributed by atoms with Crippen molar-refractivity contribution in [2.24, 2.45) is 40.2 Å². The molecule has 0 radical (unpaired) electrons. The molecule has 0 bridgehead atoms. The van der Waals surface area contributed by atoms with Gasteiger partial charge in [0.15, 0.2) is 9.84 Å². The van der Waals surface area contributed by atoms with E-state index in [1.807, 2.05) is 48.5 Å². The monoisotopic (exact) mass is 681 g/mol. The molecule has 5 amide bonds. The van der Waals surface area contributed by atoms with Crippen LogP contribution in [0.5, 0.6) is 0 Å². The molecule has 47 heavy (non-hydrogen) atoms. The van der Waals surface area contributed by atoms with E-state index in [-0.39, 0.29) is 34.8 Å².